The van der Waals surface area contributed by atoms with Gasteiger partial charge in [-0.25, -0.2) is 0 Å². The molecule has 1 fully saturated rings. The van der Waals surface area contributed by atoms with E-state index >= 15 is 0 Å². The molecule has 17 heavy (non-hydrogen) atoms. The van der Waals surface area contributed by atoms with E-state index < -0.39 is 11.9 Å². The fourth-order valence-corrected chi connectivity index (χ4v) is 1.67. The van der Waals surface area contributed by atoms with E-state index in [9.17, 15) is 13.2 Å². The largest absolute Gasteiger partial charge is 0.473 e. The van der Waals surface area contributed by atoms with Crippen molar-refractivity contribution in [2.24, 2.45) is 11.7 Å². The van der Waals surface area contributed by atoms with E-state index in [2.05, 4.69) is 10.2 Å². The van der Waals surface area contributed by atoms with E-state index in [4.69, 9.17) is 10.5 Å². The predicted molar refractivity (Wildman–Crippen MR) is 53.2 cm³/mol. The molecule has 1 aromatic rings. The molecule has 2 N–H and O–H groups in total. The Hall–Kier alpha value is -1.37. The first-order valence-corrected chi connectivity index (χ1v) is 5.26. The zero-order chi connectivity index (χ0) is 12.5. The van der Waals surface area contributed by atoms with Gasteiger partial charge in [-0.1, -0.05) is 0 Å². The van der Waals surface area contributed by atoms with Gasteiger partial charge in [-0.2, -0.15) is 13.2 Å². The van der Waals surface area contributed by atoms with Crippen molar-refractivity contribution in [1.29, 1.82) is 0 Å². The van der Waals surface area contributed by atoms with Crippen LogP contribution in [0.1, 0.15) is 18.5 Å². The van der Waals surface area contributed by atoms with Gasteiger partial charge in [0.2, 0.25) is 5.88 Å². The van der Waals surface area contributed by atoms with Gasteiger partial charge in [0.05, 0.1) is 0 Å². The molecule has 1 aromatic heterocycles. The Bertz CT molecular complexity index is 373. The molecule has 94 valence electrons. The molecule has 0 aromatic carbocycles. The number of nitrogens with two attached hydrogens (primary N) is 1. The van der Waals surface area contributed by atoms with E-state index in [-0.39, 0.29) is 12.0 Å². The van der Waals surface area contributed by atoms with Gasteiger partial charge in [0.15, 0.2) is 5.69 Å². The van der Waals surface area contributed by atoms with Crippen molar-refractivity contribution in [1.82, 2.24) is 10.2 Å². The van der Waals surface area contributed by atoms with Gasteiger partial charge in [-0.3, -0.25) is 0 Å². The number of aromatic nitrogens is 2. The number of rotatable bonds is 3. The minimum absolute atomic E-state index is 0.00501. The second-order valence-electron chi connectivity index (χ2n) is 4.07. The lowest BCUT2D eigenvalue weighted by Gasteiger charge is -2.33. The Balaban J connectivity index is 1.91. The first kappa shape index (κ1) is 12.1. The maximum atomic E-state index is 12.2. The second kappa shape index (κ2) is 4.48. The molecule has 0 amide bonds. The van der Waals surface area contributed by atoms with E-state index in [1.54, 1.807) is 0 Å². The Kier molecular flexibility index (Phi) is 3.19. The number of ether oxygens (including phenoxy) is 1. The molecule has 1 aliphatic carbocycles. The second-order valence-corrected chi connectivity index (χ2v) is 4.07. The highest BCUT2D eigenvalue weighted by molar-refractivity contribution is 5.14. The molecule has 1 saturated carbocycles. The van der Waals surface area contributed by atoms with Crippen molar-refractivity contribution in [3.63, 3.8) is 0 Å². The Morgan fingerprint density at radius 3 is 2.47 bits per heavy atom. The van der Waals surface area contributed by atoms with Crippen LogP contribution in [-0.2, 0) is 6.18 Å². The molecule has 0 radical (unpaired) electrons. The van der Waals surface area contributed by atoms with Crippen LogP contribution in [0.4, 0.5) is 13.2 Å². The molecule has 0 aliphatic heterocycles. The highest BCUT2D eigenvalue weighted by Crippen LogP contribution is 2.31. The third-order valence-electron chi connectivity index (χ3n) is 2.74. The maximum absolute atomic E-state index is 12.2. The topological polar surface area (TPSA) is 61.0 Å². The fraction of sp³-hybridized carbons (Fsp3) is 0.600. The number of hydrogen-bond donors (Lipinski definition) is 1. The summed E-state index contributed by atoms with van der Waals surface area (Å²) in [5.74, 6) is 0.570. The quantitative estimate of drug-likeness (QED) is 0.881. The van der Waals surface area contributed by atoms with Crippen LogP contribution in [0.5, 0.6) is 5.88 Å². The Morgan fingerprint density at radius 1 is 1.29 bits per heavy atom. The Morgan fingerprint density at radius 2 is 2.00 bits per heavy atom. The van der Waals surface area contributed by atoms with Crippen molar-refractivity contribution in [3.05, 3.63) is 17.8 Å². The summed E-state index contributed by atoms with van der Waals surface area (Å²) in [5.41, 5.74) is 4.43. The molecule has 2 rings (SSSR count). The van der Waals surface area contributed by atoms with Gasteiger partial charge in [0.25, 0.3) is 0 Å². The van der Waals surface area contributed by atoms with E-state index in [0.29, 0.717) is 12.5 Å². The van der Waals surface area contributed by atoms with Crippen LogP contribution in [0.2, 0.25) is 0 Å². The van der Waals surface area contributed by atoms with Crippen LogP contribution >= 0.6 is 0 Å². The third-order valence-corrected chi connectivity index (χ3v) is 2.74. The first-order chi connectivity index (χ1) is 7.99. The highest BCUT2D eigenvalue weighted by Gasteiger charge is 2.33. The predicted octanol–water partition coefficient (Wildman–Crippen LogP) is 1.61. The maximum Gasteiger partial charge on any atom is 0.435 e. The minimum atomic E-state index is -4.47. The van der Waals surface area contributed by atoms with Crippen LogP contribution in [-0.4, -0.2) is 22.8 Å². The lowest BCUT2D eigenvalue weighted by atomic mass is 9.82. The number of nitrogens with zero attached hydrogens (tertiary/aromatic N) is 2. The van der Waals surface area contributed by atoms with E-state index in [1.807, 2.05) is 0 Å². The number of hydrogen-bond acceptors (Lipinski definition) is 4. The summed E-state index contributed by atoms with van der Waals surface area (Å²) in [5, 5.41) is 6.47. The van der Waals surface area contributed by atoms with Crippen LogP contribution < -0.4 is 10.5 Å². The van der Waals surface area contributed by atoms with Crippen LogP contribution in [0.15, 0.2) is 12.1 Å². The standard InChI is InChI=1S/C10H12F3N3O/c11-10(12,13)8-1-2-9(16-15-8)17-7-3-6(4-7)5-14/h1-2,6-7H,3-5,14H2. The molecule has 0 unspecified atom stereocenters. The molecule has 0 saturated heterocycles. The summed E-state index contributed by atoms with van der Waals surface area (Å²) in [6.07, 6.45) is -2.83. The van der Waals surface area contributed by atoms with Crippen LogP contribution in [0.3, 0.4) is 0 Å². The van der Waals surface area contributed by atoms with Crippen molar-refractivity contribution < 1.29 is 17.9 Å². The van der Waals surface area contributed by atoms with E-state index in [0.717, 1.165) is 18.9 Å². The van der Waals surface area contributed by atoms with Crippen LogP contribution in [0, 0.1) is 5.92 Å². The van der Waals surface area contributed by atoms with Crippen molar-refractivity contribution >= 4 is 0 Å². The van der Waals surface area contributed by atoms with Gasteiger partial charge < -0.3 is 10.5 Å². The molecule has 1 heterocycles. The van der Waals surface area contributed by atoms with Gasteiger partial charge in [-0.05, 0) is 31.4 Å². The summed E-state index contributed by atoms with van der Waals surface area (Å²) < 4.78 is 42.0. The van der Waals surface area contributed by atoms with Crippen molar-refractivity contribution in [2.45, 2.75) is 25.1 Å². The van der Waals surface area contributed by atoms with Gasteiger partial charge in [-0.15, -0.1) is 10.2 Å². The summed E-state index contributed by atoms with van der Waals surface area (Å²) in [6.45, 7) is 0.610. The lowest BCUT2D eigenvalue weighted by molar-refractivity contribution is -0.141. The SMILES string of the molecule is NCC1CC(Oc2ccc(C(F)(F)F)nn2)C1. The smallest absolute Gasteiger partial charge is 0.435 e. The summed E-state index contributed by atoms with van der Waals surface area (Å²) in [4.78, 5) is 0. The molecule has 0 bridgehead atoms. The monoisotopic (exact) mass is 247 g/mol. The minimum Gasteiger partial charge on any atom is -0.473 e. The molecular weight excluding hydrogens is 235 g/mol. The van der Waals surface area contributed by atoms with Crippen molar-refractivity contribution in [2.75, 3.05) is 6.54 Å². The normalized spacial score (nSPS) is 24.2. The molecule has 0 atom stereocenters. The molecule has 4 nitrogen and oxygen atoms in total. The Labute approximate surface area is 96.0 Å². The van der Waals surface area contributed by atoms with Crippen LogP contribution in [0.25, 0.3) is 0 Å². The highest BCUT2D eigenvalue weighted by atomic mass is 19.4. The van der Waals surface area contributed by atoms with Gasteiger partial charge >= 0.3 is 6.18 Å². The summed E-state index contributed by atoms with van der Waals surface area (Å²) in [6, 6.07) is 2.05. The molecular formula is C10H12F3N3O. The number of halogens is 3. The summed E-state index contributed by atoms with van der Waals surface area (Å²) >= 11 is 0. The van der Waals surface area contributed by atoms with Crippen molar-refractivity contribution in [3.8, 4) is 5.88 Å². The third kappa shape index (κ3) is 2.85. The lowest BCUT2D eigenvalue weighted by Crippen LogP contribution is -2.38. The molecule has 0 spiro atoms. The molecule has 1 aliphatic rings. The zero-order valence-electron chi connectivity index (χ0n) is 8.94. The fourth-order valence-electron chi connectivity index (χ4n) is 1.67. The summed E-state index contributed by atoms with van der Waals surface area (Å²) in [7, 11) is 0. The zero-order valence-corrected chi connectivity index (χ0v) is 8.94. The van der Waals surface area contributed by atoms with Gasteiger partial charge in [0.1, 0.15) is 6.10 Å². The average Bonchev–Trinajstić information content (AvgIpc) is 2.22. The van der Waals surface area contributed by atoms with E-state index in [1.165, 1.54) is 6.07 Å². The average molecular weight is 247 g/mol. The van der Waals surface area contributed by atoms with Gasteiger partial charge in [0, 0.05) is 6.07 Å². The number of alkyl halides is 3. The first-order valence-electron chi connectivity index (χ1n) is 5.26. The molecule has 7 heteroatoms.